The van der Waals surface area contributed by atoms with Gasteiger partial charge in [0.25, 0.3) is 5.91 Å². The van der Waals surface area contributed by atoms with Crippen LogP contribution in [0.4, 0.5) is 5.69 Å². The molecule has 1 atom stereocenters. The number of aryl methyl sites for hydroxylation is 1. The van der Waals surface area contributed by atoms with Crippen LogP contribution in [-0.4, -0.2) is 39.7 Å². The van der Waals surface area contributed by atoms with E-state index in [2.05, 4.69) is 6.92 Å². The molecule has 1 aliphatic rings. The Morgan fingerprint density at radius 2 is 2.39 bits per heavy atom. The van der Waals surface area contributed by atoms with Gasteiger partial charge in [-0.15, -0.1) is 0 Å². The number of carbonyl (C=O) groups is 1. The Labute approximate surface area is 107 Å². The van der Waals surface area contributed by atoms with Gasteiger partial charge in [-0.3, -0.25) is 4.79 Å². The lowest BCUT2D eigenvalue weighted by Gasteiger charge is -2.30. The summed E-state index contributed by atoms with van der Waals surface area (Å²) in [7, 11) is 0. The normalized spacial score (nSPS) is 20.1. The summed E-state index contributed by atoms with van der Waals surface area (Å²) in [4.78, 5) is 14.1. The number of β-amino-alcohol motifs (C(OH)–C–C–N with tert-alkyl or cyclic N) is 1. The Hall–Kier alpha value is -1.49. The fraction of sp³-hybridized carbons (Fsp3) is 0.615. The Kier molecular flexibility index (Phi) is 3.91. The first-order valence-corrected chi connectivity index (χ1v) is 6.54. The molecule has 0 aromatic carbocycles. The molecule has 3 N–H and O–H groups in total. The summed E-state index contributed by atoms with van der Waals surface area (Å²) in [6, 6.07) is 1.72. The van der Waals surface area contributed by atoms with Crippen molar-refractivity contribution in [2.24, 2.45) is 0 Å². The zero-order valence-corrected chi connectivity index (χ0v) is 10.8. The van der Waals surface area contributed by atoms with E-state index in [-0.39, 0.29) is 5.91 Å². The van der Waals surface area contributed by atoms with Crippen LogP contribution in [0.25, 0.3) is 0 Å². The number of aliphatic hydroxyl groups is 1. The average Bonchev–Trinajstić information content (AvgIpc) is 2.70. The van der Waals surface area contributed by atoms with Gasteiger partial charge in [-0.25, -0.2) is 0 Å². The minimum absolute atomic E-state index is 0.0288. The molecule has 1 aliphatic heterocycles. The highest BCUT2D eigenvalue weighted by atomic mass is 16.3. The van der Waals surface area contributed by atoms with Crippen LogP contribution in [0.15, 0.2) is 12.3 Å². The number of anilines is 1. The lowest BCUT2D eigenvalue weighted by molar-refractivity contribution is 0.0465. The number of nitrogen functional groups attached to an aromatic ring is 1. The van der Waals surface area contributed by atoms with Crippen molar-refractivity contribution in [1.29, 1.82) is 0 Å². The number of hydrogen-bond donors (Lipinski definition) is 2. The monoisotopic (exact) mass is 251 g/mol. The summed E-state index contributed by atoms with van der Waals surface area (Å²) < 4.78 is 1.90. The molecule has 5 nitrogen and oxygen atoms in total. The standard InChI is InChI=1S/C13H21N3O2/c1-2-5-15-8-10(14)7-12(15)13(18)16-6-3-4-11(17)9-16/h7-8,11,17H,2-6,9,14H2,1H3/t11-/m0/s1. The van der Waals surface area contributed by atoms with Crippen LogP contribution in [0.2, 0.25) is 0 Å². The summed E-state index contributed by atoms with van der Waals surface area (Å²) in [5, 5.41) is 9.63. The second kappa shape index (κ2) is 5.44. The van der Waals surface area contributed by atoms with Crippen LogP contribution < -0.4 is 5.73 Å². The number of hydrogen-bond acceptors (Lipinski definition) is 3. The van der Waals surface area contributed by atoms with E-state index in [4.69, 9.17) is 5.73 Å². The third-order valence-corrected chi connectivity index (χ3v) is 3.29. The molecule has 1 aromatic rings. The number of nitrogens with zero attached hydrogens (tertiary/aromatic N) is 2. The van der Waals surface area contributed by atoms with Crippen molar-refractivity contribution in [1.82, 2.24) is 9.47 Å². The number of aliphatic hydroxyl groups excluding tert-OH is 1. The van der Waals surface area contributed by atoms with Crippen LogP contribution in [0.5, 0.6) is 0 Å². The van der Waals surface area contributed by atoms with Crippen molar-refractivity contribution in [3.05, 3.63) is 18.0 Å². The minimum atomic E-state index is -0.394. The molecule has 5 heteroatoms. The zero-order valence-electron chi connectivity index (χ0n) is 10.8. The minimum Gasteiger partial charge on any atom is -0.397 e. The molecule has 0 unspecified atom stereocenters. The van der Waals surface area contributed by atoms with Crippen LogP contribution in [-0.2, 0) is 6.54 Å². The molecule has 2 rings (SSSR count). The number of piperidine rings is 1. The molecule has 2 heterocycles. The maximum Gasteiger partial charge on any atom is 0.270 e. The van der Waals surface area contributed by atoms with Gasteiger partial charge in [-0.1, -0.05) is 6.92 Å². The zero-order chi connectivity index (χ0) is 13.1. The summed E-state index contributed by atoms with van der Waals surface area (Å²) in [5.41, 5.74) is 7.01. The lowest BCUT2D eigenvalue weighted by atomic mass is 10.1. The number of amides is 1. The number of aromatic nitrogens is 1. The first-order chi connectivity index (χ1) is 8.61. The van der Waals surface area contributed by atoms with Crippen molar-refractivity contribution in [2.45, 2.75) is 38.8 Å². The Morgan fingerprint density at radius 1 is 1.61 bits per heavy atom. The number of rotatable bonds is 3. The van der Waals surface area contributed by atoms with Gasteiger partial charge in [-0.2, -0.15) is 0 Å². The van der Waals surface area contributed by atoms with Crippen molar-refractivity contribution in [2.75, 3.05) is 18.8 Å². The van der Waals surface area contributed by atoms with E-state index >= 15 is 0 Å². The van der Waals surface area contributed by atoms with E-state index in [0.29, 0.717) is 24.5 Å². The van der Waals surface area contributed by atoms with Gasteiger partial charge in [0.1, 0.15) is 5.69 Å². The molecule has 0 spiro atoms. The van der Waals surface area contributed by atoms with E-state index in [1.165, 1.54) is 0 Å². The molecule has 100 valence electrons. The largest absolute Gasteiger partial charge is 0.397 e. The highest BCUT2D eigenvalue weighted by molar-refractivity contribution is 5.94. The molecule has 0 saturated carbocycles. The Balaban J connectivity index is 2.17. The van der Waals surface area contributed by atoms with E-state index < -0.39 is 6.10 Å². The topological polar surface area (TPSA) is 71.5 Å². The molecule has 1 fully saturated rings. The van der Waals surface area contributed by atoms with Gasteiger partial charge in [0.05, 0.1) is 11.8 Å². The number of carbonyl (C=O) groups excluding carboxylic acids is 1. The second-order valence-corrected chi connectivity index (χ2v) is 4.90. The van der Waals surface area contributed by atoms with Crippen LogP contribution >= 0.6 is 0 Å². The summed E-state index contributed by atoms with van der Waals surface area (Å²) in [6.45, 7) is 3.99. The molecule has 0 radical (unpaired) electrons. The van der Waals surface area contributed by atoms with Crippen molar-refractivity contribution < 1.29 is 9.90 Å². The van der Waals surface area contributed by atoms with E-state index in [1.807, 2.05) is 4.57 Å². The summed E-state index contributed by atoms with van der Waals surface area (Å²) >= 11 is 0. The predicted molar refractivity (Wildman–Crippen MR) is 70.3 cm³/mol. The van der Waals surface area contributed by atoms with E-state index in [1.54, 1.807) is 17.2 Å². The van der Waals surface area contributed by atoms with Gasteiger partial charge < -0.3 is 20.3 Å². The van der Waals surface area contributed by atoms with Gasteiger partial charge in [-0.05, 0) is 25.3 Å². The SMILES string of the molecule is CCCn1cc(N)cc1C(=O)N1CCC[C@H](O)C1. The van der Waals surface area contributed by atoms with Crippen LogP contribution in [0.1, 0.15) is 36.7 Å². The molecule has 18 heavy (non-hydrogen) atoms. The summed E-state index contributed by atoms with van der Waals surface area (Å²) in [6.07, 6.45) is 4.00. The van der Waals surface area contributed by atoms with Crippen LogP contribution in [0.3, 0.4) is 0 Å². The van der Waals surface area contributed by atoms with Gasteiger partial charge >= 0.3 is 0 Å². The maximum atomic E-state index is 12.4. The van der Waals surface area contributed by atoms with Gasteiger partial charge in [0.2, 0.25) is 0 Å². The smallest absolute Gasteiger partial charge is 0.270 e. The molecule has 0 aliphatic carbocycles. The molecule has 1 amide bonds. The molecular formula is C13H21N3O2. The number of nitrogens with two attached hydrogens (primary N) is 1. The van der Waals surface area contributed by atoms with Crippen LogP contribution in [0, 0.1) is 0 Å². The number of likely N-dealkylation sites (tertiary alicyclic amines) is 1. The van der Waals surface area contributed by atoms with E-state index in [9.17, 15) is 9.90 Å². The lowest BCUT2D eigenvalue weighted by Crippen LogP contribution is -2.42. The quantitative estimate of drug-likeness (QED) is 0.844. The first kappa shape index (κ1) is 13.0. The highest BCUT2D eigenvalue weighted by Gasteiger charge is 2.25. The van der Waals surface area contributed by atoms with Crippen molar-refractivity contribution >= 4 is 11.6 Å². The highest BCUT2D eigenvalue weighted by Crippen LogP contribution is 2.17. The molecular weight excluding hydrogens is 230 g/mol. The fourth-order valence-electron chi connectivity index (χ4n) is 2.44. The summed E-state index contributed by atoms with van der Waals surface area (Å²) in [5.74, 6) is -0.0288. The van der Waals surface area contributed by atoms with E-state index in [0.717, 1.165) is 25.8 Å². The van der Waals surface area contributed by atoms with Crippen molar-refractivity contribution in [3.8, 4) is 0 Å². The first-order valence-electron chi connectivity index (χ1n) is 6.54. The fourth-order valence-corrected chi connectivity index (χ4v) is 2.44. The molecule has 1 aromatic heterocycles. The maximum absolute atomic E-state index is 12.4. The van der Waals surface area contributed by atoms with Gasteiger partial charge in [0.15, 0.2) is 0 Å². The third-order valence-electron chi connectivity index (χ3n) is 3.29. The van der Waals surface area contributed by atoms with Gasteiger partial charge in [0, 0.05) is 25.8 Å². The average molecular weight is 251 g/mol. The Bertz CT molecular complexity index is 428. The second-order valence-electron chi connectivity index (χ2n) is 4.90. The molecule has 0 bridgehead atoms. The Morgan fingerprint density at radius 3 is 3.06 bits per heavy atom. The third kappa shape index (κ3) is 2.67. The van der Waals surface area contributed by atoms with Crippen molar-refractivity contribution in [3.63, 3.8) is 0 Å². The predicted octanol–water partition coefficient (Wildman–Crippen LogP) is 1.08. The molecule has 1 saturated heterocycles.